The third-order valence-electron chi connectivity index (χ3n) is 3.46. The van der Waals surface area contributed by atoms with E-state index in [9.17, 15) is 9.90 Å². The normalized spacial score (nSPS) is 28.7. The largest absolute Gasteiger partial charge is 0.387 e. The summed E-state index contributed by atoms with van der Waals surface area (Å²) < 4.78 is 0. The number of benzene rings is 1. The van der Waals surface area contributed by atoms with Crippen LogP contribution < -0.4 is 0 Å². The molecule has 0 fully saturated rings. The van der Waals surface area contributed by atoms with E-state index >= 15 is 0 Å². The van der Waals surface area contributed by atoms with Crippen LogP contribution in [-0.2, 0) is 11.2 Å². The van der Waals surface area contributed by atoms with E-state index in [1.165, 1.54) is 0 Å². The van der Waals surface area contributed by atoms with E-state index in [-0.39, 0.29) is 27.7 Å². The van der Waals surface area contributed by atoms with Gasteiger partial charge in [0, 0.05) is 11.8 Å². The fourth-order valence-corrected chi connectivity index (χ4v) is 2.82. The number of halogens is 2. The van der Waals surface area contributed by atoms with Crippen molar-refractivity contribution in [2.45, 2.75) is 19.4 Å². The van der Waals surface area contributed by atoms with E-state index in [0.29, 0.717) is 6.42 Å². The number of carbonyl (C=O) groups excluding carboxylic acids is 1. The van der Waals surface area contributed by atoms with Crippen molar-refractivity contribution in [3.63, 3.8) is 0 Å². The minimum Gasteiger partial charge on any atom is -0.387 e. The molecule has 0 saturated heterocycles. The first kappa shape index (κ1) is 13.6. The Labute approximate surface area is 116 Å². The molecule has 18 heavy (non-hydrogen) atoms. The maximum atomic E-state index is 11.9. The third kappa shape index (κ3) is 2.46. The number of carbonyl (C=O) groups is 1. The van der Waals surface area contributed by atoms with Gasteiger partial charge >= 0.3 is 0 Å². The number of hydrogen-bond donors (Lipinski definition) is 1. The average molecular weight is 285 g/mol. The van der Waals surface area contributed by atoms with Crippen LogP contribution in [0.25, 0.3) is 0 Å². The maximum Gasteiger partial charge on any atom is 0.178 e. The molecule has 2 nitrogen and oxygen atoms in total. The Balaban J connectivity index is 2.26. The summed E-state index contributed by atoms with van der Waals surface area (Å²) in [6, 6.07) is 9.73. The van der Waals surface area contributed by atoms with Gasteiger partial charge in [0.2, 0.25) is 0 Å². The van der Waals surface area contributed by atoms with Crippen molar-refractivity contribution in [3.8, 4) is 0 Å². The first-order chi connectivity index (χ1) is 8.52. The van der Waals surface area contributed by atoms with E-state index in [2.05, 4.69) is 0 Å². The minimum atomic E-state index is -0.868. The molecule has 96 valence electrons. The van der Waals surface area contributed by atoms with Gasteiger partial charge in [0.15, 0.2) is 5.78 Å². The molecule has 3 atom stereocenters. The Bertz CT molecular complexity index is 482. The summed E-state index contributed by atoms with van der Waals surface area (Å²) in [6.45, 7) is 1.78. The van der Waals surface area contributed by atoms with Gasteiger partial charge in [-0.15, -0.1) is 0 Å². The quantitative estimate of drug-likeness (QED) is 0.906. The van der Waals surface area contributed by atoms with Gasteiger partial charge in [-0.2, -0.15) is 0 Å². The van der Waals surface area contributed by atoms with E-state index in [1.54, 1.807) is 6.92 Å². The minimum absolute atomic E-state index is 0.0269. The van der Waals surface area contributed by atoms with Gasteiger partial charge in [0.25, 0.3) is 0 Å². The second-order valence-electron chi connectivity index (χ2n) is 4.61. The lowest BCUT2D eigenvalue weighted by molar-refractivity contribution is -0.121. The molecule has 0 spiro atoms. The van der Waals surface area contributed by atoms with E-state index < -0.39 is 6.10 Å². The Morgan fingerprint density at radius 2 is 1.83 bits per heavy atom. The Morgan fingerprint density at radius 3 is 2.44 bits per heavy atom. The molecule has 0 amide bonds. The SMILES string of the molecule is CC1C(=O)C(Cl)=C(Cl)C(O)C1Cc1ccccc1. The van der Waals surface area contributed by atoms with Crippen LogP contribution in [0.15, 0.2) is 40.4 Å². The van der Waals surface area contributed by atoms with Gasteiger partial charge in [0.1, 0.15) is 5.03 Å². The van der Waals surface area contributed by atoms with Crippen LogP contribution in [0.5, 0.6) is 0 Å². The van der Waals surface area contributed by atoms with Crippen LogP contribution >= 0.6 is 23.2 Å². The highest BCUT2D eigenvalue weighted by molar-refractivity contribution is 6.49. The monoisotopic (exact) mass is 284 g/mol. The number of Topliss-reactive ketones (excluding diaryl/α,β-unsaturated/α-hetero) is 1. The second kappa shape index (κ2) is 5.43. The zero-order valence-corrected chi connectivity index (χ0v) is 11.4. The summed E-state index contributed by atoms with van der Waals surface area (Å²) in [6.07, 6.45) is -0.262. The second-order valence-corrected chi connectivity index (χ2v) is 5.40. The summed E-state index contributed by atoms with van der Waals surface area (Å²) in [7, 11) is 0. The van der Waals surface area contributed by atoms with Crippen molar-refractivity contribution in [1.82, 2.24) is 0 Å². The van der Waals surface area contributed by atoms with Gasteiger partial charge in [-0.05, 0) is 12.0 Å². The Hall–Kier alpha value is -0.830. The number of aliphatic hydroxyl groups is 1. The molecule has 1 aromatic carbocycles. The molecule has 0 heterocycles. The standard InChI is InChI=1S/C14H14Cl2O2/c1-8-10(7-9-5-3-2-4-6-9)14(18)12(16)11(15)13(8)17/h2-6,8,10,14,18H,7H2,1H3. The maximum absolute atomic E-state index is 11.9. The van der Waals surface area contributed by atoms with Gasteiger partial charge < -0.3 is 5.11 Å². The van der Waals surface area contributed by atoms with E-state index in [4.69, 9.17) is 23.2 Å². The predicted molar refractivity (Wildman–Crippen MR) is 72.5 cm³/mol. The zero-order chi connectivity index (χ0) is 13.3. The van der Waals surface area contributed by atoms with Crippen molar-refractivity contribution in [2.75, 3.05) is 0 Å². The predicted octanol–water partition coefficient (Wildman–Crippen LogP) is 3.11. The Kier molecular flexibility index (Phi) is 4.10. The topological polar surface area (TPSA) is 37.3 Å². The van der Waals surface area contributed by atoms with Crippen LogP contribution in [0.1, 0.15) is 12.5 Å². The molecule has 0 aliphatic heterocycles. The first-order valence-electron chi connectivity index (χ1n) is 5.83. The molecule has 1 aliphatic rings. The van der Waals surface area contributed by atoms with Crippen LogP contribution in [0, 0.1) is 11.8 Å². The molecule has 1 aliphatic carbocycles. The van der Waals surface area contributed by atoms with Crippen LogP contribution in [0.2, 0.25) is 0 Å². The van der Waals surface area contributed by atoms with Crippen molar-refractivity contribution in [1.29, 1.82) is 0 Å². The number of allylic oxidation sites excluding steroid dienone is 1. The molecule has 2 rings (SSSR count). The molecule has 0 bridgehead atoms. The van der Waals surface area contributed by atoms with Gasteiger partial charge in [-0.1, -0.05) is 60.5 Å². The highest BCUT2D eigenvalue weighted by atomic mass is 35.5. The smallest absolute Gasteiger partial charge is 0.178 e. The molecular weight excluding hydrogens is 271 g/mol. The molecule has 0 aromatic heterocycles. The molecule has 0 radical (unpaired) electrons. The number of ketones is 1. The highest BCUT2D eigenvalue weighted by Crippen LogP contribution is 2.37. The van der Waals surface area contributed by atoms with Gasteiger partial charge in [-0.3, -0.25) is 4.79 Å². The van der Waals surface area contributed by atoms with Crippen LogP contribution in [0.4, 0.5) is 0 Å². The fraction of sp³-hybridized carbons (Fsp3) is 0.357. The molecule has 1 aromatic rings. The lowest BCUT2D eigenvalue weighted by atomic mass is 9.77. The van der Waals surface area contributed by atoms with Crippen LogP contribution in [-0.4, -0.2) is 17.0 Å². The van der Waals surface area contributed by atoms with Gasteiger partial charge in [-0.25, -0.2) is 0 Å². The number of hydrogen-bond acceptors (Lipinski definition) is 2. The highest BCUT2D eigenvalue weighted by Gasteiger charge is 2.39. The average Bonchev–Trinajstić information content (AvgIpc) is 2.40. The third-order valence-corrected chi connectivity index (χ3v) is 4.36. The van der Waals surface area contributed by atoms with E-state index in [1.807, 2.05) is 30.3 Å². The molecule has 4 heteroatoms. The summed E-state index contributed by atoms with van der Waals surface area (Å²) in [5, 5.41) is 10.2. The van der Waals surface area contributed by atoms with Crippen molar-refractivity contribution in [2.24, 2.45) is 11.8 Å². The number of rotatable bonds is 2. The Morgan fingerprint density at radius 1 is 1.22 bits per heavy atom. The van der Waals surface area contributed by atoms with Gasteiger partial charge in [0.05, 0.1) is 11.1 Å². The number of aliphatic hydroxyl groups excluding tert-OH is 1. The zero-order valence-electron chi connectivity index (χ0n) is 9.94. The van der Waals surface area contributed by atoms with Crippen molar-refractivity contribution >= 4 is 29.0 Å². The van der Waals surface area contributed by atoms with Crippen molar-refractivity contribution in [3.05, 3.63) is 46.0 Å². The first-order valence-corrected chi connectivity index (χ1v) is 6.59. The summed E-state index contributed by atoms with van der Waals surface area (Å²) in [5.41, 5.74) is 1.07. The van der Waals surface area contributed by atoms with E-state index in [0.717, 1.165) is 5.56 Å². The van der Waals surface area contributed by atoms with Crippen LogP contribution in [0.3, 0.4) is 0 Å². The van der Waals surface area contributed by atoms with Crippen molar-refractivity contribution < 1.29 is 9.90 Å². The summed E-state index contributed by atoms with van der Waals surface area (Å²) in [4.78, 5) is 11.9. The molecular formula is C14H14Cl2O2. The summed E-state index contributed by atoms with van der Waals surface area (Å²) in [5.74, 6) is -0.738. The lowest BCUT2D eigenvalue weighted by Gasteiger charge is -2.32. The molecule has 0 saturated carbocycles. The lowest BCUT2D eigenvalue weighted by Crippen LogP contribution is -2.38. The summed E-state index contributed by atoms with van der Waals surface area (Å²) >= 11 is 11.7. The molecule has 1 N–H and O–H groups in total. The fourth-order valence-electron chi connectivity index (χ4n) is 2.28. The molecule has 3 unspecified atom stereocenters.